The van der Waals surface area contributed by atoms with Crippen molar-refractivity contribution in [1.29, 1.82) is 0 Å². The van der Waals surface area contributed by atoms with Crippen LogP contribution in [-0.2, 0) is 0 Å². The van der Waals surface area contributed by atoms with E-state index in [2.05, 4.69) is 12.6 Å². The molecule has 1 aliphatic rings. The standard InChI is InChI=1S/C12H15ClO.CHF3S/c13-10-6-7-12(14)11(8-10)9-4-2-1-3-5-9;2-1(3,4)5/h6-9,14H,1-5H2;5H. The molecule has 0 radical (unpaired) electrons. The average Bonchev–Trinajstić information content (AvgIpc) is 2.31. The first-order valence-electron chi connectivity index (χ1n) is 6.05. The molecule has 1 fully saturated rings. The van der Waals surface area contributed by atoms with Crippen LogP contribution in [0.15, 0.2) is 18.2 Å². The molecule has 108 valence electrons. The van der Waals surface area contributed by atoms with Crippen LogP contribution in [0.3, 0.4) is 0 Å². The summed E-state index contributed by atoms with van der Waals surface area (Å²) in [4.78, 5) is 0. The number of hydrogen-bond donors (Lipinski definition) is 2. The highest BCUT2D eigenvalue weighted by Crippen LogP contribution is 2.37. The Hall–Kier alpha value is -0.550. The minimum absolute atomic E-state index is 0.404. The van der Waals surface area contributed by atoms with Crippen molar-refractivity contribution in [2.75, 3.05) is 0 Å². The maximum absolute atomic E-state index is 10.2. The van der Waals surface area contributed by atoms with Crippen molar-refractivity contribution in [2.45, 2.75) is 43.5 Å². The SMILES string of the molecule is FC(F)(F)S.Oc1ccc(Cl)cc1C1CCCCC1. The monoisotopic (exact) mass is 312 g/mol. The van der Waals surface area contributed by atoms with Crippen LogP contribution in [0.1, 0.15) is 43.6 Å². The van der Waals surface area contributed by atoms with E-state index in [1.807, 2.05) is 6.07 Å². The first kappa shape index (κ1) is 16.5. The van der Waals surface area contributed by atoms with E-state index in [9.17, 15) is 18.3 Å². The van der Waals surface area contributed by atoms with Crippen molar-refractivity contribution in [3.63, 3.8) is 0 Å². The first-order chi connectivity index (χ1) is 8.77. The third-order valence-corrected chi connectivity index (χ3v) is 3.27. The van der Waals surface area contributed by atoms with Crippen LogP contribution in [0.2, 0.25) is 5.02 Å². The molecule has 1 nitrogen and oxygen atoms in total. The highest BCUT2D eigenvalue weighted by atomic mass is 35.5. The summed E-state index contributed by atoms with van der Waals surface area (Å²) in [5.74, 6) is 0.920. The molecule has 0 aromatic heterocycles. The van der Waals surface area contributed by atoms with E-state index in [1.165, 1.54) is 32.1 Å². The molecule has 6 heteroatoms. The Bertz CT molecular complexity index is 397. The van der Waals surface area contributed by atoms with Crippen molar-refractivity contribution < 1.29 is 18.3 Å². The Labute approximate surface area is 121 Å². The Balaban J connectivity index is 0.000000312. The van der Waals surface area contributed by atoms with Gasteiger partial charge in [0.15, 0.2) is 0 Å². The molecule has 1 aromatic rings. The van der Waals surface area contributed by atoms with Gasteiger partial charge in [0, 0.05) is 5.02 Å². The van der Waals surface area contributed by atoms with E-state index in [0.29, 0.717) is 11.7 Å². The summed E-state index contributed by atoms with van der Waals surface area (Å²) in [6, 6.07) is 5.35. The third-order valence-electron chi connectivity index (χ3n) is 3.03. The lowest BCUT2D eigenvalue weighted by Crippen LogP contribution is -2.04. The fourth-order valence-corrected chi connectivity index (χ4v) is 2.45. The number of thiol groups is 1. The summed E-state index contributed by atoms with van der Waals surface area (Å²) in [6.07, 6.45) is 6.26. The Kier molecular flexibility index (Phi) is 6.33. The molecule has 0 spiro atoms. The number of halogens is 4. The summed E-state index contributed by atoms with van der Waals surface area (Å²) in [6.45, 7) is 0. The number of aromatic hydroxyl groups is 1. The van der Waals surface area contributed by atoms with Crippen LogP contribution in [0, 0.1) is 0 Å². The Morgan fingerprint density at radius 3 is 2.21 bits per heavy atom. The lowest BCUT2D eigenvalue weighted by atomic mass is 9.84. The van der Waals surface area contributed by atoms with E-state index >= 15 is 0 Å². The molecule has 0 aliphatic heterocycles. The highest BCUT2D eigenvalue weighted by molar-refractivity contribution is 7.81. The molecule has 2 rings (SSSR count). The highest BCUT2D eigenvalue weighted by Gasteiger charge is 2.18. The molecule has 0 saturated heterocycles. The average molecular weight is 313 g/mol. The fourth-order valence-electron chi connectivity index (χ4n) is 2.27. The van der Waals surface area contributed by atoms with E-state index < -0.39 is 5.51 Å². The summed E-state index contributed by atoms with van der Waals surface area (Å²) < 4.78 is 30.7. The largest absolute Gasteiger partial charge is 0.508 e. The zero-order chi connectivity index (χ0) is 14.5. The number of phenols is 1. The number of rotatable bonds is 1. The zero-order valence-electron chi connectivity index (χ0n) is 10.3. The fraction of sp³-hybridized carbons (Fsp3) is 0.538. The van der Waals surface area contributed by atoms with Crippen molar-refractivity contribution in [1.82, 2.24) is 0 Å². The molecule has 19 heavy (non-hydrogen) atoms. The van der Waals surface area contributed by atoms with Crippen LogP contribution in [0.25, 0.3) is 0 Å². The van der Waals surface area contributed by atoms with Gasteiger partial charge in [0.2, 0.25) is 0 Å². The van der Waals surface area contributed by atoms with Gasteiger partial charge in [0.25, 0.3) is 0 Å². The number of benzene rings is 1. The van der Waals surface area contributed by atoms with E-state index in [4.69, 9.17) is 11.6 Å². The minimum Gasteiger partial charge on any atom is -0.508 e. The molecule has 0 bridgehead atoms. The van der Waals surface area contributed by atoms with Gasteiger partial charge in [-0.1, -0.05) is 43.5 Å². The molecule has 1 aromatic carbocycles. The van der Waals surface area contributed by atoms with Crippen molar-refractivity contribution in [3.05, 3.63) is 28.8 Å². The molecule has 1 aliphatic carbocycles. The van der Waals surface area contributed by atoms with Gasteiger partial charge in [-0.3, -0.25) is 0 Å². The topological polar surface area (TPSA) is 20.2 Å². The minimum atomic E-state index is -4.31. The van der Waals surface area contributed by atoms with E-state index in [-0.39, 0.29) is 0 Å². The van der Waals surface area contributed by atoms with Crippen LogP contribution >= 0.6 is 24.2 Å². The third kappa shape index (κ3) is 6.97. The second-order valence-corrected chi connectivity index (χ2v) is 5.45. The molecule has 0 atom stereocenters. The maximum atomic E-state index is 10.2. The van der Waals surface area contributed by atoms with Gasteiger partial charge in [-0.2, -0.15) is 13.2 Å². The Morgan fingerprint density at radius 1 is 1.16 bits per heavy atom. The first-order valence-corrected chi connectivity index (χ1v) is 6.87. The van der Waals surface area contributed by atoms with E-state index in [1.54, 1.807) is 12.1 Å². The van der Waals surface area contributed by atoms with E-state index in [0.717, 1.165) is 10.6 Å². The van der Waals surface area contributed by atoms with Gasteiger partial charge >= 0.3 is 5.51 Å². The van der Waals surface area contributed by atoms with Crippen LogP contribution in [0.4, 0.5) is 13.2 Å². The second-order valence-electron chi connectivity index (χ2n) is 4.51. The molecule has 0 amide bonds. The van der Waals surface area contributed by atoms with Gasteiger partial charge in [-0.25, -0.2) is 0 Å². The van der Waals surface area contributed by atoms with Gasteiger partial charge in [0.05, 0.1) is 0 Å². The van der Waals surface area contributed by atoms with Gasteiger partial charge in [-0.05, 0) is 42.5 Å². The summed E-state index contributed by atoms with van der Waals surface area (Å²) in [7, 11) is 0. The Morgan fingerprint density at radius 2 is 1.68 bits per heavy atom. The molecular weight excluding hydrogens is 297 g/mol. The lowest BCUT2D eigenvalue weighted by molar-refractivity contribution is -0.0303. The predicted molar refractivity (Wildman–Crippen MR) is 74.0 cm³/mol. The number of alkyl halides is 3. The zero-order valence-corrected chi connectivity index (χ0v) is 11.9. The maximum Gasteiger partial charge on any atom is 0.438 e. The summed E-state index contributed by atoms with van der Waals surface area (Å²) in [5.41, 5.74) is -3.27. The van der Waals surface area contributed by atoms with Gasteiger partial charge < -0.3 is 5.11 Å². The molecule has 0 heterocycles. The molecule has 1 saturated carbocycles. The van der Waals surface area contributed by atoms with Gasteiger partial charge in [0.1, 0.15) is 5.75 Å². The van der Waals surface area contributed by atoms with Crippen LogP contribution in [0.5, 0.6) is 5.75 Å². The van der Waals surface area contributed by atoms with Crippen molar-refractivity contribution in [2.24, 2.45) is 0 Å². The second kappa shape index (κ2) is 7.29. The molecule has 1 N–H and O–H groups in total. The van der Waals surface area contributed by atoms with Crippen molar-refractivity contribution >= 4 is 24.2 Å². The molecular formula is C13H16ClF3OS. The van der Waals surface area contributed by atoms with Crippen molar-refractivity contribution in [3.8, 4) is 5.75 Å². The molecule has 0 unspecified atom stereocenters. The van der Waals surface area contributed by atoms with Crippen LogP contribution < -0.4 is 0 Å². The summed E-state index contributed by atoms with van der Waals surface area (Å²) >= 11 is 8.05. The smallest absolute Gasteiger partial charge is 0.438 e. The quantitative estimate of drug-likeness (QED) is 0.653. The lowest BCUT2D eigenvalue weighted by Gasteiger charge is -2.22. The summed E-state index contributed by atoms with van der Waals surface area (Å²) in [5, 5.41) is 10.5. The van der Waals surface area contributed by atoms with Crippen LogP contribution in [-0.4, -0.2) is 10.6 Å². The number of hydrogen-bond acceptors (Lipinski definition) is 2. The van der Waals surface area contributed by atoms with Gasteiger partial charge in [-0.15, -0.1) is 0 Å². The number of phenolic OH excluding ortho intramolecular Hbond substituents is 1. The normalized spacial score (nSPS) is 16.7. The predicted octanol–water partition coefficient (Wildman–Crippen LogP) is 5.53.